The van der Waals surface area contributed by atoms with Crippen molar-refractivity contribution in [2.45, 2.75) is 17.2 Å². The van der Waals surface area contributed by atoms with Gasteiger partial charge in [0, 0.05) is 60.3 Å². The molecule has 0 aliphatic heterocycles. The molecule has 0 aliphatic rings. The monoisotopic (exact) mass is 689 g/mol. The number of hydrogen-bond acceptors (Lipinski definition) is 8. The van der Waals surface area contributed by atoms with Gasteiger partial charge in [0.25, 0.3) is 5.91 Å². The Labute approximate surface area is 269 Å². The minimum Gasteiger partial charge on any atom is -0.377 e. The maximum Gasteiger partial charge on any atom is 0.416 e. The summed E-state index contributed by atoms with van der Waals surface area (Å²) >= 11 is 0. The van der Waals surface area contributed by atoms with Gasteiger partial charge in [0.2, 0.25) is 21.7 Å². The average Bonchev–Trinajstić information content (AvgIpc) is 3.05. The summed E-state index contributed by atoms with van der Waals surface area (Å²) in [7, 11) is -0.194. The summed E-state index contributed by atoms with van der Waals surface area (Å²) in [5.74, 6) is -1.17. The van der Waals surface area contributed by atoms with Crippen molar-refractivity contribution in [3.8, 4) is 22.8 Å². The van der Waals surface area contributed by atoms with Crippen molar-refractivity contribution in [1.82, 2.24) is 30.4 Å². The number of amides is 1. The number of hydrogen-bond donors (Lipinski definition) is 2. The van der Waals surface area contributed by atoms with Gasteiger partial charge in [-0.2, -0.15) is 26.3 Å². The van der Waals surface area contributed by atoms with Crippen LogP contribution in [-0.2, 0) is 22.4 Å². The molecule has 0 atom stereocenters. The molecule has 17 heteroatoms. The first-order valence-corrected chi connectivity index (χ1v) is 15.5. The van der Waals surface area contributed by atoms with E-state index in [1.807, 2.05) is 31.1 Å². The zero-order valence-corrected chi connectivity index (χ0v) is 25.9. The van der Waals surface area contributed by atoms with Crippen molar-refractivity contribution >= 4 is 32.4 Å². The predicted molar refractivity (Wildman–Crippen MR) is 164 cm³/mol. The molecule has 0 saturated carbocycles. The van der Waals surface area contributed by atoms with Crippen LogP contribution in [-0.4, -0.2) is 61.9 Å². The highest BCUT2D eigenvalue weighted by atomic mass is 32.2. The molecule has 0 bridgehead atoms. The minimum atomic E-state index is -5.05. The van der Waals surface area contributed by atoms with Gasteiger partial charge in [-0.25, -0.2) is 13.1 Å². The van der Waals surface area contributed by atoms with Gasteiger partial charge in [-0.1, -0.05) is 36.4 Å². The Morgan fingerprint density at radius 3 is 1.81 bits per heavy atom. The highest BCUT2D eigenvalue weighted by Crippen LogP contribution is 2.38. The lowest BCUT2D eigenvalue weighted by Crippen LogP contribution is -2.34. The number of fused-ring (bicyclic) bond motifs is 1. The maximum absolute atomic E-state index is 13.2. The molecular formula is C31H25F6N7O3S. The molecule has 4 aromatic carbocycles. The van der Waals surface area contributed by atoms with Crippen LogP contribution in [0.15, 0.2) is 83.8 Å². The highest BCUT2D eigenvalue weighted by Gasteiger charge is 2.37. The fourth-order valence-corrected chi connectivity index (χ4v) is 6.00. The minimum absolute atomic E-state index is 0.0120. The summed E-state index contributed by atoms with van der Waals surface area (Å²) in [6, 6.07) is 17.0. The van der Waals surface area contributed by atoms with Crippen LogP contribution >= 0.6 is 0 Å². The number of aromatic nitrogens is 4. The predicted octanol–water partition coefficient (Wildman–Crippen LogP) is 5.57. The van der Waals surface area contributed by atoms with Gasteiger partial charge in [0.15, 0.2) is 0 Å². The SMILES string of the molecule is CN(C)c1cccc2c(S(=O)(=O)NCCNC(=O)c3ccc(-c4nnc(-c5cc(C(F)(F)F)cc(C(F)(F)F)c5)nn4)cc3)cccc12. The van der Waals surface area contributed by atoms with E-state index in [2.05, 4.69) is 30.4 Å². The fourth-order valence-electron chi connectivity index (χ4n) is 4.75. The van der Waals surface area contributed by atoms with E-state index in [0.29, 0.717) is 23.1 Å². The van der Waals surface area contributed by atoms with Crippen LogP contribution in [0.2, 0.25) is 0 Å². The topological polar surface area (TPSA) is 130 Å². The third-order valence-corrected chi connectivity index (χ3v) is 8.58. The van der Waals surface area contributed by atoms with E-state index >= 15 is 0 Å². The average molecular weight is 690 g/mol. The van der Waals surface area contributed by atoms with Crippen LogP contribution < -0.4 is 14.9 Å². The molecule has 1 amide bonds. The quantitative estimate of drug-likeness (QED) is 0.152. The number of benzene rings is 4. The number of sulfonamides is 1. The van der Waals surface area contributed by atoms with E-state index in [0.717, 1.165) is 11.1 Å². The molecule has 250 valence electrons. The van der Waals surface area contributed by atoms with E-state index in [1.165, 1.54) is 30.3 Å². The molecule has 5 rings (SSSR count). The summed E-state index contributed by atoms with van der Waals surface area (Å²) in [5.41, 5.74) is -2.28. The molecular weight excluding hydrogens is 664 g/mol. The summed E-state index contributed by atoms with van der Waals surface area (Å²) < 4.78 is 108. The number of halogens is 6. The van der Waals surface area contributed by atoms with Gasteiger partial charge in [-0.3, -0.25) is 4.79 Å². The summed E-state index contributed by atoms with van der Waals surface area (Å²) in [6.07, 6.45) is -10.1. The van der Waals surface area contributed by atoms with E-state index in [-0.39, 0.29) is 35.4 Å². The van der Waals surface area contributed by atoms with Crippen molar-refractivity contribution in [3.63, 3.8) is 0 Å². The molecule has 2 N–H and O–H groups in total. The summed E-state index contributed by atoms with van der Waals surface area (Å²) in [4.78, 5) is 14.6. The summed E-state index contributed by atoms with van der Waals surface area (Å²) in [5, 5.41) is 18.8. The fraction of sp³-hybridized carbons (Fsp3) is 0.194. The zero-order chi connectivity index (χ0) is 34.9. The number of rotatable bonds is 9. The normalized spacial score (nSPS) is 12.2. The molecule has 1 heterocycles. The van der Waals surface area contributed by atoms with Gasteiger partial charge >= 0.3 is 12.4 Å². The number of alkyl halides is 6. The first-order chi connectivity index (χ1) is 22.5. The lowest BCUT2D eigenvalue weighted by atomic mass is 10.0. The van der Waals surface area contributed by atoms with Crippen LogP contribution in [0.1, 0.15) is 21.5 Å². The van der Waals surface area contributed by atoms with Crippen molar-refractivity contribution < 1.29 is 39.6 Å². The smallest absolute Gasteiger partial charge is 0.377 e. The van der Waals surface area contributed by atoms with Crippen LogP contribution in [0.5, 0.6) is 0 Å². The van der Waals surface area contributed by atoms with Gasteiger partial charge in [-0.15, -0.1) is 20.4 Å². The van der Waals surface area contributed by atoms with Gasteiger partial charge in [0.05, 0.1) is 16.0 Å². The van der Waals surface area contributed by atoms with Crippen molar-refractivity contribution in [3.05, 3.63) is 95.6 Å². The Kier molecular flexibility index (Phi) is 9.37. The first-order valence-electron chi connectivity index (χ1n) is 14.0. The molecule has 0 unspecified atom stereocenters. The van der Waals surface area contributed by atoms with Crippen LogP contribution in [0, 0.1) is 0 Å². The Hall–Kier alpha value is -5.16. The molecule has 0 fully saturated rings. The van der Waals surface area contributed by atoms with Crippen molar-refractivity contribution in [2.75, 3.05) is 32.1 Å². The number of nitrogens with zero attached hydrogens (tertiary/aromatic N) is 5. The largest absolute Gasteiger partial charge is 0.416 e. The number of carbonyl (C=O) groups excluding carboxylic acids is 1. The molecule has 1 aromatic heterocycles. The van der Waals surface area contributed by atoms with Crippen LogP contribution in [0.3, 0.4) is 0 Å². The Morgan fingerprint density at radius 1 is 0.708 bits per heavy atom. The molecule has 48 heavy (non-hydrogen) atoms. The Morgan fingerprint density at radius 2 is 1.25 bits per heavy atom. The first kappa shape index (κ1) is 34.2. The van der Waals surface area contributed by atoms with Crippen LogP contribution in [0.25, 0.3) is 33.5 Å². The summed E-state index contributed by atoms with van der Waals surface area (Å²) in [6.45, 7) is -0.124. The molecule has 0 radical (unpaired) electrons. The number of carbonyl (C=O) groups is 1. The second kappa shape index (κ2) is 13.2. The lowest BCUT2D eigenvalue weighted by Gasteiger charge is -2.17. The molecule has 0 spiro atoms. The zero-order valence-electron chi connectivity index (χ0n) is 25.1. The van der Waals surface area contributed by atoms with E-state index in [9.17, 15) is 39.6 Å². The molecule has 5 aromatic rings. The molecule has 0 saturated heterocycles. The van der Waals surface area contributed by atoms with E-state index < -0.39 is 50.8 Å². The van der Waals surface area contributed by atoms with Gasteiger partial charge in [0.1, 0.15) is 0 Å². The number of anilines is 1. The molecule has 0 aliphatic carbocycles. The molecule has 10 nitrogen and oxygen atoms in total. The Bertz CT molecular complexity index is 2040. The van der Waals surface area contributed by atoms with Gasteiger partial charge in [-0.05, 0) is 42.5 Å². The third-order valence-electron chi connectivity index (χ3n) is 7.06. The Balaban J connectivity index is 1.22. The maximum atomic E-state index is 13.2. The third kappa shape index (κ3) is 7.52. The van der Waals surface area contributed by atoms with E-state index in [1.54, 1.807) is 18.2 Å². The van der Waals surface area contributed by atoms with E-state index in [4.69, 9.17) is 0 Å². The van der Waals surface area contributed by atoms with Crippen molar-refractivity contribution in [2.24, 2.45) is 0 Å². The van der Waals surface area contributed by atoms with Crippen molar-refractivity contribution in [1.29, 1.82) is 0 Å². The lowest BCUT2D eigenvalue weighted by molar-refractivity contribution is -0.143. The number of nitrogens with one attached hydrogen (secondary N) is 2. The second-order valence-electron chi connectivity index (χ2n) is 10.6. The highest BCUT2D eigenvalue weighted by molar-refractivity contribution is 7.89. The van der Waals surface area contributed by atoms with Crippen LogP contribution in [0.4, 0.5) is 32.0 Å². The second-order valence-corrected chi connectivity index (χ2v) is 12.3. The van der Waals surface area contributed by atoms with Gasteiger partial charge < -0.3 is 10.2 Å². The standard InChI is InChI=1S/C31H25F6N7O3S/c1-44(2)25-7-3-6-24-23(25)5-4-8-26(24)48(46,47)39-14-13-38-29(45)19-11-9-18(10-12-19)27-40-42-28(43-41-27)20-15-21(30(32,33)34)17-22(16-20)31(35,36)37/h3-12,15-17,39H,13-14H2,1-2H3,(H,38,45).